The van der Waals surface area contributed by atoms with Gasteiger partial charge in [-0.25, -0.2) is 8.78 Å². The van der Waals surface area contributed by atoms with E-state index in [1.165, 1.54) is 24.4 Å². The predicted octanol–water partition coefficient (Wildman–Crippen LogP) is 3.51. The second-order valence-corrected chi connectivity index (χ2v) is 6.50. The van der Waals surface area contributed by atoms with Crippen molar-refractivity contribution in [3.63, 3.8) is 0 Å². The van der Waals surface area contributed by atoms with Gasteiger partial charge < -0.3 is 4.55 Å². The van der Waals surface area contributed by atoms with Crippen molar-refractivity contribution in [1.29, 1.82) is 0 Å². The average Bonchev–Trinajstić information content (AvgIpc) is 2.25. The Bertz CT molecular complexity index is 402. The number of rotatable bonds is 3. The van der Waals surface area contributed by atoms with E-state index in [4.69, 9.17) is 0 Å². The van der Waals surface area contributed by atoms with E-state index < -0.39 is 22.5 Å². The third kappa shape index (κ3) is 4.44. The predicted molar refractivity (Wildman–Crippen MR) is 66.9 cm³/mol. The third-order valence-electron chi connectivity index (χ3n) is 1.98. The van der Waals surface area contributed by atoms with E-state index in [9.17, 15) is 13.3 Å². The highest BCUT2D eigenvalue weighted by atomic mass is 32.2. The molecule has 0 aliphatic heterocycles. The minimum atomic E-state index is -2.50. The lowest BCUT2D eigenvalue weighted by Crippen LogP contribution is -2.25. The van der Waals surface area contributed by atoms with E-state index in [0.717, 1.165) is 0 Å². The van der Waals surface area contributed by atoms with E-state index >= 15 is 0 Å². The van der Waals surface area contributed by atoms with E-state index in [0.29, 0.717) is 5.56 Å². The summed E-state index contributed by atoms with van der Waals surface area (Å²) in [4.78, 5) is 0. The first kappa shape index (κ1) is 14.1. The van der Waals surface area contributed by atoms with Crippen molar-refractivity contribution < 1.29 is 13.3 Å². The first-order valence-corrected chi connectivity index (χ1v) is 6.25. The molecule has 0 N–H and O–H groups in total. The van der Waals surface area contributed by atoms with Crippen molar-refractivity contribution in [2.75, 3.05) is 0 Å². The molecule has 1 rings (SSSR count). The van der Waals surface area contributed by atoms with Crippen molar-refractivity contribution in [3.8, 4) is 0 Å². The topological polar surface area (TPSA) is 35.4 Å². The zero-order valence-electron chi connectivity index (χ0n) is 9.98. The van der Waals surface area contributed by atoms with Crippen LogP contribution in [0.15, 0.2) is 28.7 Å². The first-order chi connectivity index (χ1) is 7.80. The molecule has 1 aromatic carbocycles. The van der Waals surface area contributed by atoms with Crippen LogP contribution in [0.4, 0.5) is 8.78 Å². The fraction of sp³-hybridized carbons (Fsp3) is 0.417. The quantitative estimate of drug-likeness (QED) is 0.604. The lowest BCUT2D eigenvalue weighted by Gasteiger charge is -2.17. The molecular formula is C12H15F2NOS. The van der Waals surface area contributed by atoms with Gasteiger partial charge in [-0.05, 0) is 32.4 Å². The maximum Gasteiger partial charge on any atom is 0.263 e. The molecule has 1 atom stereocenters. The summed E-state index contributed by atoms with van der Waals surface area (Å²) >= 11 is -1.37. The van der Waals surface area contributed by atoms with Gasteiger partial charge in [-0.3, -0.25) is 0 Å². The summed E-state index contributed by atoms with van der Waals surface area (Å²) in [5.74, 6) is 0. The Morgan fingerprint density at radius 1 is 1.35 bits per heavy atom. The van der Waals surface area contributed by atoms with Gasteiger partial charge in [0.15, 0.2) is 0 Å². The Morgan fingerprint density at radius 3 is 2.53 bits per heavy atom. The maximum absolute atomic E-state index is 12.4. The largest absolute Gasteiger partial charge is 0.591 e. The Kier molecular flexibility index (Phi) is 4.65. The summed E-state index contributed by atoms with van der Waals surface area (Å²) in [6.45, 7) is 5.40. The van der Waals surface area contributed by atoms with Crippen molar-refractivity contribution in [2.45, 2.75) is 31.9 Å². The summed E-state index contributed by atoms with van der Waals surface area (Å²) in [5.41, 5.74) is 0.468. The van der Waals surface area contributed by atoms with Crippen molar-refractivity contribution in [2.24, 2.45) is 4.40 Å². The molecule has 0 fully saturated rings. The number of nitrogens with zero attached hydrogens (tertiary/aromatic N) is 1. The highest BCUT2D eigenvalue weighted by Gasteiger charge is 2.25. The molecular weight excluding hydrogens is 244 g/mol. The molecule has 0 radical (unpaired) electrons. The minimum Gasteiger partial charge on any atom is -0.591 e. The monoisotopic (exact) mass is 259 g/mol. The van der Waals surface area contributed by atoms with Gasteiger partial charge in [0.2, 0.25) is 0 Å². The number of hydrogen-bond donors (Lipinski definition) is 0. The van der Waals surface area contributed by atoms with Crippen molar-refractivity contribution in [3.05, 3.63) is 35.4 Å². The van der Waals surface area contributed by atoms with Gasteiger partial charge in [0, 0.05) is 5.56 Å². The van der Waals surface area contributed by atoms with E-state index in [1.54, 1.807) is 26.8 Å². The van der Waals surface area contributed by atoms with Crippen LogP contribution in [0.5, 0.6) is 0 Å². The third-order valence-corrected chi connectivity index (χ3v) is 3.33. The SMILES string of the molecule is CC(C)(C)[S+]([O-])/N=C/c1cccc(C(F)F)c1. The van der Waals surface area contributed by atoms with Gasteiger partial charge in [0.1, 0.15) is 16.1 Å². The van der Waals surface area contributed by atoms with Crippen LogP contribution in [0.3, 0.4) is 0 Å². The second-order valence-electron chi connectivity index (χ2n) is 4.57. The summed E-state index contributed by atoms with van der Waals surface area (Å²) < 4.78 is 39.9. The maximum atomic E-state index is 12.4. The van der Waals surface area contributed by atoms with Crippen LogP contribution in [0, 0.1) is 0 Å². The Morgan fingerprint density at radius 2 is 2.00 bits per heavy atom. The standard InChI is InChI=1S/C12H15F2NOS/c1-12(2,3)17(16)15-8-9-5-4-6-10(7-9)11(13)14/h4-8,11H,1-3H3/b15-8+. The van der Waals surface area contributed by atoms with Crippen LogP contribution < -0.4 is 0 Å². The van der Waals surface area contributed by atoms with Crippen LogP contribution in [-0.2, 0) is 11.4 Å². The molecule has 0 saturated carbocycles. The minimum absolute atomic E-state index is 0.0597. The molecule has 0 spiro atoms. The van der Waals surface area contributed by atoms with Crippen LogP contribution >= 0.6 is 0 Å². The van der Waals surface area contributed by atoms with Gasteiger partial charge >= 0.3 is 0 Å². The lowest BCUT2D eigenvalue weighted by atomic mass is 10.1. The van der Waals surface area contributed by atoms with Crippen LogP contribution in [-0.4, -0.2) is 15.5 Å². The lowest BCUT2D eigenvalue weighted by molar-refractivity contribution is 0.151. The molecule has 5 heteroatoms. The van der Waals surface area contributed by atoms with Crippen molar-refractivity contribution >= 4 is 17.6 Å². The molecule has 0 saturated heterocycles. The van der Waals surface area contributed by atoms with Crippen LogP contribution in [0.1, 0.15) is 38.3 Å². The van der Waals surface area contributed by atoms with Gasteiger partial charge in [-0.2, -0.15) is 0 Å². The summed E-state index contributed by atoms with van der Waals surface area (Å²) in [6, 6.07) is 5.87. The molecule has 1 unspecified atom stereocenters. The molecule has 17 heavy (non-hydrogen) atoms. The fourth-order valence-corrected chi connectivity index (χ4v) is 1.58. The van der Waals surface area contributed by atoms with Gasteiger partial charge in [0.05, 0.1) is 6.21 Å². The van der Waals surface area contributed by atoms with Crippen LogP contribution in [0.25, 0.3) is 0 Å². The van der Waals surface area contributed by atoms with Gasteiger partial charge in [-0.1, -0.05) is 22.6 Å². The zero-order chi connectivity index (χ0) is 13.1. The highest BCUT2D eigenvalue weighted by Crippen LogP contribution is 2.20. The molecule has 0 aromatic heterocycles. The molecule has 2 nitrogen and oxygen atoms in total. The smallest absolute Gasteiger partial charge is 0.263 e. The highest BCUT2D eigenvalue weighted by molar-refractivity contribution is 7.91. The molecule has 1 aromatic rings. The molecule has 0 aliphatic carbocycles. The van der Waals surface area contributed by atoms with Crippen LogP contribution in [0.2, 0.25) is 0 Å². The number of benzene rings is 1. The number of alkyl halides is 2. The Labute approximate surface area is 103 Å². The Hall–Kier alpha value is -0.940. The fourth-order valence-electron chi connectivity index (χ4n) is 1.04. The molecule has 94 valence electrons. The first-order valence-electron chi connectivity index (χ1n) is 5.15. The summed E-state index contributed by atoms with van der Waals surface area (Å²) in [7, 11) is 0. The number of hydrogen-bond acceptors (Lipinski definition) is 2. The van der Waals surface area contributed by atoms with E-state index in [1.807, 2.05) is 0 Å². The zero-order valence-corrected chi connectivity index (χ0v) is 10.8. The Balaban J connectivity index is 2.82. The van der Waals surface area contributed by atoms with E-state index in [-0.39, 0.29) is 5.56 Å². The van der Waals surface area contributed by atoms with Gasteiger partial charge in [0.25, 0.3) is 6.43 Å². The molecule has 0 aliphatic rings. The molecule has 0 bridgehead atoms. The second kappa shape index (κ2) is 5.60. The van der Waals surface area contributed by atoms with Gasteiger partial charge in [-0.15, -0.1) is 0 Å². The van der Waals surface area contributed by atoms with Crippen molar-refractivity contribution in [1.82, 2.24) is 0 Å². The van der Waals surface area contributed by atoms with E-state index in [2.05, 4.69) is 4.40 Å². The number of halogens is 2. The summed E-state index contributed by atoms with van der Waals surface area (Å²) in [5, 5.41) is 0. The molecule has 0 heterocycles. The summed E-state index contributed by atoms with van der Waals surface area (Å²) in [6.07, 6.45) is -1.13. The molecule has 0 amide bonds. The average molecular weight is 259 g/mol. The normalized spacial score (nSPS) is 14.5.